The largest absolute Gasteiger partial charge is 0.387 e. The number of nitrogens with one attached hydrogen (secondary N) is 1. The van der Waals surface area contributed by atoms with E-state index in [-0.39, 0.29) is 0 Å². The summed E-state index contributed by atoms with van der Waals surface area (Å²) in [6, 6.07) is 4.22. The lowest BCUT2D eigenvalue weighted by Crippen LogP contribution is -2.02. The number of halogens is 1. The van der Waals surface area contributed by atoms with Crippen molar-refractivity contribution in [3.63, 3.8) is 0 Å². The summed E-state index contributed by atoms with van der Waals surface area (Å²) in [5.74, 6) is 0. The quantitative estimate of drug-likeness (QED) is 0.896. The van der Waals surface area contributed by atoms with Gasteiger partial charge < -0.3 is 5.32 Å². The van der Waals surface area contributed by atoms with Crippen molar-refractivity contribution in [3.05, 3.63) is 33.4 Å². The number of hydrogen-bond acceptors (Lipinski definition) is 2. The summed E-state index contributed by atoms with van der Waals surface area (Å²) < 4.78 is 1.11. The zero-order valence-electron chi connectivity index (χ0n) is 10.7. The lowest BCUT2D eigenvalue weighted by Gasteiger charge is -2.15. The molecule has 1 N–H and O–H groups in total. The van der Waals surface area contributed by atoms with Gasteiger partial charge in [0, 0.05) is 28.3 Å². The van der Waals surface area contributed by atoms with Crippen LogP contribution < -0.4 is 5.32 Å². The monoisotopic (exact) mass is 292 g/mol. The third-order valence-corrected chi connectivity index (χ3v) is 4.11. The van der Waals surface area contributed by atoms with Gasteiger partial charge in [0.2, 0.25) is 0 Å². The van der Waals surface area contributed by atoms with Crippen molar-refractivity contribution in [1.82, 2.24) is 4.98 Å². The number of rotatable bonds is 2. The van der Waals surface area contributed by atoms with Crippen LogP contribution in [-0.4, -0.2) is 12.0 Å². The Labute approximate surface area is 111 Å². The van der Waals surface area contributed by atoms with Gasteiger partial charge in [-0.15, -0.1) is 0 Å². The summed E-state index contributed by atoms with van der Waals surface area (Å²) >= 11 is 3.56. The molecule has 17 heavy (non-hydrogen) atoms. The highest BCUT2D eigenvalue weighted by Crippen LogP contribution is 2.32. The first-order valence-corrected chi connectivity index (χ1v) is 6.65. The van der Waals surface area contributed by atoms with Crippen LogP contribution in [0.2, 0.25) is 0 Å². The summed E-state index contributed by atoms with van der Waals surface area (Å²) in [7, 11) is 1.98. The summed E-state index contributed by atoms with van der Waals surface area (Å²) in [5, 5.41) is 4.53. The molecular weight excluding hydrogens is 276 g/mol. The van der Waals surface area contributed by atoms with Crippen molar-refractivity contribution < 1.29 is 0 Å². The molecule has 0 bridgehead atoms. The number of aryl methyl sites for hydroxylation is 2. The van der Waals surface area contributed by atoms with E-state index in [9.17, 15) is 0 Å². The van der Waals surface area contributed by atoms with Crippen LogP contribution in [0.1, 0.15) is 23.7 Å². The minimum absolute atomic E-state index is 1.00. The minimum atomic E-state index is 1.00. The van der Waals surface area contributed by atoms with Crippen LogP contribution in [0.5, 0.6) is 0 Å². The third kappa shape index (κ3) is 1.93. The Bertz CT molecular complexity index is 576. The summed E-state index contributed by atoms with van der Waals surface area (Å²) in [5.41, 5.74) is 5.92. The third-order valence-electron chi connectivity index (χ3n) is 3.26. The maximum atomic E-state index is 4.75. The molecule has 1 aromatic carbocycles. The van der Waals surface area contributed by atoms with E-state index < -0.39 is 0 Å². The molecule has 0 aliphatic heterocycles. The lowest BCUT2D eigenvalue weighted by atomic mass is 10.0. The number of benzene rings is 1. The SMILES string of the molecule is CCc1c(C)nc2c(C)c(Br)ccc2c1NC. The van der Waals surface area contributed by atoms with Crippen LogP contribution >= 0.6 is 15.9 Å². The van der Waals surface area contributed by atoms with Crippen LogP contribution in [0.25, 0.3) is 10.9 Å². The fraction of sp³-hybridized carbons (Fsp3) is 0.357. The van der Waals surface area contributed by atoms with Crippen molar-refractivity contribution in [2.24, 2.45) is 0 Å². The Morgan fingerprint density at radius 1 is 1.29 bits per heavy atom. The van der Waals surface area contributed by atoms with Crippen molar-refractivity contribution in [2.45, 2.75) is 27.2 Å². The van der Waals surface area contributed by atoms with Gasteiger partial charge in [0.1, 0.15) is 0 Å². The van der Waals surface area contributed by atoms with Crippen LogP contribution in [0, 0.1) is 13.8 Å². The molecule has 90 valence electrons. The highest BCUT2D eigenvalue weighted by molar-refractivity contribution is 9.10. The molecule has 1 heterocycles. The number of anilines is 1. The molecule has 0 saturated heterocycles. The molecule has 3 heteroatoms. The average molecular weight is 293 g/mol. The molecule has 1 aromatic heterocycles. The van der Waals surface area contributed by atoms with Gasteiger partial charge in [0.25, 0.3) is 0 Å². The molecule has 0 aliphatic rings. The Balaban J connectivity index is 2.92. The van der Waals surface area contributed by atoms with Gasteiger partial charge in [0.15, 0.2) is 0 Å². The highest BCUT2D eigenvalue weighted by Gasteiger charge is 2.12. The second-order valence-electron chi connectivity index (χ2n) is 4.22. The van der Waals surface area contributed by atoms with Crippen molar-refractivity contribution in [3.8, 4) is 0 Å². The van der Waals surface area contributed by atoms with Gasteiger partial charge in [-0.05, 0) is 43.5 Å². The van der Waals surface area contributed by atoms with E-state index in [1.165, 1.54) is 22.2 Å². The van der Waals surface area contributed by atoms with Crippen LogP contribution in [-0.2, 0) is 6.42 Å². The molecule has 0 aliphatic carbocycles. The molecule has 0 fully saturated rings. The number of hydrogen-bond donors (Lipinski definition) is 1. The second kappa shape index (κ2) is 4.65. The van der Waals surface area contributed by atoms with Crippen LogP contribution in [0.4, 0.5) is 5.69 Å². The Hall–Kier alpha value is -1.09. The molecule has 0 unspecified atom stereocenters. The first-order valence-electron chi connectivity index (χ1n) is 5.86. The van der Waals surface area contributed by atoms with E-state index in [4.69, 9.17) is 4.98 Å². The number of pyridine rings is 1. The fourth-order valence-corrected chi connectivity index (χ4v) is 2.64. The molecule has 2 aromatic rings. The predicted molar refractivity (Wildman–Crippen MR) is 77.8 cm³/mol. The van der Waals surface area contributed by atoms with Crippen molar-refractivity contribution in [2.75, 3.05) is 12.4 Å². The zero-order valence-corrected chi connectivity index (χ0v) is 12.3. The molecule has 2 rings (SSSR count). The normalized spacial score (nSPS) is 10.9. The molecule has 0 radical (unpaired) electrons. The van der Waals surface area contributed by atoms with Gasteiger partial charge in [-0.2, -0.15) is 0 Å². The summed E-state index contributed by atoms with van der Waals surface area (Å²) in [4.78, 5) is 4.75. The number of fused-ring (bicyclic) bond motifs is 1. The highest BCUT2D eigenvalue weighted by atomic mass is 79.9. The summed E-state index contributed by atoms with van der Waals surface area (Å²) in [6.45, 7) is 6.35. The van der Waals surface area contributed by atoms with Crippen molar-refractivity contribution >= 4 is 32.5 Å². The van der Waals surface area contributed by atoms with Crippen LogP contribution in [0.15, 0.2) is 16.6 Å². The second-order valence-corrected chi connectivity index (χ2v) is 5.08. The fourth-order valence-electron chi connectivity index (χ4n) is 2.32. The first kappa shape index (κ1) is 12.4. The standard InChI is InChI=1S/C14H17BrN2/c1-5-10-9(3)17-13-8(2)12(15)7-6-11(13)14(10)16-4/h6-7H,5H2,1-4H3,(H,16,17). The van der Waals surface area contributed by atoms with Crippen LogP contribution in [0.3, 0.4) is 0 Å². The number of nitrogens with zero attached hydrogens (tertiary/aromatic N) is 1. The Kier molecular flexibility index (Phi) is 3.38. The number of aromatic nitrogens is 1. The van der Waals surface area contributed by atoms with E-state index >= 15 is 0 Å². The van der Waals surface area contributed by atoms with E-state index in [1.807, 2.05) is 7.05 Å². The molecule has 0 saturated carbocycles. The molecule has 2 nitrogen and oxygen atoms in total. The van der Waals surface area contributed by atoms with Gasteiger partial charge >= 0.3 is 0 Å². The maximum absolute atomic E-state index is 4.75. The maximum Gasteiger partial charge on any atom is 0.0766 e. The first-order chi connectivity index (χ1) is 8.10. The van der Waals surface area contributed by atoms with Gasteiger partial charge in [-0.3, -0.25) is 4.98 Å². The smallest absolute Gasteiger partial charge is 0.0766 e. The lowest BCUT2D eigenvalue weighted by molar-refractivity contribution is 1.07. The van der Waals surface area contributed by atoms with E-state index in [1.54, 1.807) is 0 Å². The summed E-state index contributed by atoms with van der Waals surface area (Å²) in [6.07, 6.45) is 1.00. The molecule has 0 atom stereocenters. The average Bonchev–Trinajstić information content (AvgIpc) is 2.33. The molecule has 0 amide bonds. The van der Waals surface area contributed by atoms with E-state index in [2.05, 4.69) is 54.2 Å². The topological polar surface area (TPSA) is 24.9 Å². The predicted octanol–water partition coefficient (Wildman–Crippen LogP) is 4.22. The van der Waals surface area contributed by atoms with Crippen molar-refractivity contribution in [1.29, 1.82) is 0 Å². The van der Waals surface area contributed by atoms with Gasteiger partial charge in [-0.25, -0.2) is 0 Å². The minimum Gasteiger partial charge on any atom is -0.387 e. The zero-order chi connectivity index (χ0) is 12.6. The van der Waals surface area contributed by atoms with Gasteiger partial charge in [-0.1, -0.05) is 22.9 Å². The molecular formula is C14H17BrN2. The Morgan fingerprint density at radius 3 is 2.59 bits per heavy atom. The van der Waals surface area contributed by atoms with Gasteiger partial charge in [0.05, 0.1) is 5.52 Å². The Morgan fingerprint density at radius 2 is 2.00 bits per heavy atom. The molecule has 0 spiro atoms. The van der Waals surface area contributed by atoms with E-state index in [0.717, 1.165) is 22.1 Å². The van der Waals surface area contributed by atoms with E-state index in [0.29, 0.717) is 0 Å².